The summed E-state index contributed by atoms with van der Waals surface area (Å²) in [7, 11) is 0. The monoisotopic (exact) mass is 333 g/mol. The molecule has 0 saturated heterocycles. The summed E-state index contributed by atoms with van der Waals surface area (Å²) in [6, 6.07) is 7.84. The second kappa shape index (κ2) is 8.70. The quantitative estimate of drug-likeness (QED) is 0.511. The third-order valence-electron chi connectivity index (χ3n) is 3.42. The highest BCUT2D eigenvalue weighted by atomic mass is 32.1. The van der Waals surface area contributed by atoms with Gasteiger partial charge in [-0.25, -0.2) is 0 Å². The van der Waals surface area contributed by atoms with Gasteiger partial charge in [0.1, 0.15) is 11.9 Å². The average Bonchev–Trinajstić information content (AvgIpc) is 3.18. The molecule has 2 heterocycles. The Morgan fingerprint density at radius 1 is 1.43 bits per heavy atom. The number of amides is 1. The number of thiophene rings is 1. The first-order chi connectivity index (χ1) is 11.1. The standard InChI is InChI=1S/C18H23NO3S/c1-4-5-10-21-15(3)18(20)19(12-16-7-6-11-22-16)13-17-9-8-14(2)23-17/h4,6-9,11,15H,1,5,10,12-13H2,2-3H3. The number of furan rings is 1. The van der Waals surface area contributed by atoms with Crippen LogP contribution >= 0.6 is 11.3 Å². The van der Waals surface area contributed by atoms with Crippen LogP contribution in [-0.4, -0.2) is 23.5 Å². The van der Waals surface area contributed by atoms with Gasteiger partial charge in [-0.15, -0.1) is 17.9 Å². The Hall–Kier alpha value is -1.85. The molecule has 0 fully saturated rings. The average molecular weight is 333 g/mol. The number of nitrogens with zero attached hydrogens (tertiary/aromatic N) is 1. The van der Waals surface area contributed by atoms with E-state index in [0.717, 1.165) is 17.1 Å². The van der Waals surface area contributed by atoms with Crippen LogP contribution in [0.4, 0.5) is 0 Å². The van der Waals surface area contributed by atoms with E-state index in [0.29, 0.717) is 19.7 Å². The van der Waals surface area contributed by atoms with Gasteiger partial charge in [-0.1, -0.05) is 6.08 Å². The highest BCUT2D eigenvalue weighted by Gasteiger charge is 2.22. The van der Waals surface area contributed by atoms with E-state index < -0.39 is 6.10 Å². The molecule has 1 unspecified atom stereocenters. The van der Waals surface area contributed by atoms with Gasteiger partial charge in [0.15, 0.2) is 0 Å². The SMILES string of the molecule is C=CCCOC(C)C(=O)N(Cc1ccco1)Cc1ccc(C)s1. The molecule has 0 aromatic carbocycles. The molecule has 2 rings (SSSR count). The fourth-order valence-electron chi connectivity index (χ4n) is 2.22. The zero-order chi connectivity index (χ0) is 16.7. The van der Waals surface area contributed by atoms with E-state index in [2.05, 4.69) is 25.6 Å². The van der Waals surface area contributed by atoms with Crippen molar-refractivity contribution in [2.24, 2.45) is 0 Å². The molecule has 1 atom stereocenters. The second-order valence-corrected chi connectivity index (χ2v) is 6.75. The molecule has 2 aromatic heterocycles. The highest BCUT2D eigenvalue weighted by Crippen LogP contribution is 2.19. The topological polar surface area (TPSA) is 42.7 Å². The molecule has 1 amide bonds. The van der Waals surface area contributed by atoms with Crippen molar-refractivity contribution < 1.29 is 13.9 Å². The molecule has 0 aliphatic carbocycles. The summed E-state index contributed by atoms with van der Waals surface area (Å²) in [6.07, 6.45) is 3.66. The Bertz CT molecular complexity index is 618. The van der Waals surface area contributed by atoms with Crippen molar-refractivity contribution in [3.63, 3.8) is 0 Å². The number of ether oxygens (including phenoxy) is 1. The zero-order valence-electron chi connectivity index (χ0n) is 13.7. The fraction of sp³-hybridized carbons (Fsp3) is 0.389. The third kappa shape index (κ3) is 5.37. The minimum absolute atomic E-state index is 0.0310. The molecule has 4 nitrogen and oxygen atoms in total. The van der Waals surface area contributed by atoms with Crippen LogP contribution in [0.5, 0.6) is 0 Å². The lowest BCUT2D eigenvalue weighted by Crippen LogP contribution is -2.38. The van der Waals surface area contributed by atoms with Crippen molar-refractivity contribution in [1.82, 2.24) is 4.90 Å². The van der Waals surface area contributed by atoms with E-state index in [1.807, 2.05) is 12.1 Å². The van der Waals surface area contributed by atoms with Gasteiger partial charge in [-0.3, -0.25) is 4.79 Å². The van der Waals surface area contributed by atoms with Crippen LogP contribution in [-0.2, 0) is 22.6 Å². The Labute approximate surface area is 141 Å². The van der Waals surface area contributed by atoms with Gasteiger partial charge in [-0.05, 0) is 44.5 Å². The summed E-state index contributed by atoms with van der Waals surface area (Å²) >= 11 is 1.70. The Morgan fingerprint density at radius 2 is 2.26 bits per heavy atom. The van der Waals surface area contributed by atoms with Gasteiger partial charge in [0.2, 0.25) is 0 Å². The number of carbonyl (C=O) groups is 1. The van der Waals surface area contributed by atoms with E-state index in [4.69, 9.17) is 9.15 Å². The van der Waals surface area contributed by atoms with E-state index in [1.165, 1.54) is 4.88 Å². The maximum absolute atomic E-state index is 12.7. The van der Waals surface area contributed by atoms with E-state index >= 15 is 0 Å². The highest BCUT2D eigenvalue weighted by molar-refractivity contribution is 7.11. The molecular weight excluding hydrogens is 310 g/mol. The van der Waals surface area contributed by atoms with Gasteiger partial charge in [-0.2, -0.15) is 0 Å². The van der Waals surface area contributed by atoms with Gasteiger partial charge in [0, 0.05) is 9.75 Å². The molecule has 0 N–H and O–H groups in total. The molecule has 124 valence electrons. The number of aryl methyl sites for hydroxylation is 1. The van der Waals surface area contributed by atoms with Crippen molar-refractivity contribution in [2.75, 3.05) is 6.61 Å². The van der Waals surface area contributed by atoms with Crippen LogP contribution in [0, 0.1) is 6.92 Å². The summed E-state index contributed by atoms with van der Waals surface area (Å²) < 4.78 is 11.0. The van der Waals surface area contributed by atoms with Crippen molar-refractivity contribution in [1.29, 1.82) is 0 Å². The van der Waals surface area contributed by atoms with Crippen molar-refractivity contribution in [2.45, 2.75) is 39.5 Å². The van der Waals surface area contributed by atoms with Gasteiger partial charge in [0.25, 0.3) is 5.91 Å². The van der Waals surface area contributed by atoms with Crippen LogP contribution < -0.4 is 0 Å². The summed E-state index contributed by atoms with van der Waals surface area (Å²) in [5, 5.41) is 0. The predicted octanol–water partition coefficient (Wildman–Crippen LogP) is 4.16. The Balaban J connectivity index is 2.05. The van der Waals surface area contributed by atoms with Gasteiger partial charge in [0.05, 0.1) is 26.0 Å². The minimum atomic E-state index is -0.481. The predicted molar refractivity (Wildman–Crippen MR) is 92.2 cm³/mol. The number of hydrogen-bond donors (Lipinski definition) is 0. The Morgan fingerprint density at radius 3 is 2.87 bits per heavy atom. The van der Waals surface area contributed by atoms with Crippen LogP contribution in [0.2, 0.25) is 0 Å². The van der Waals surface area contributed by atoms with E-state index in [9.17, 15) is 4.79 Å². The molecule has 0 aliphatic rings. The normalized spacial score (nSPS) is 12.1. The Kier molecular flexibility index (Phi) is 6.62. The maximum atomic E-state index is 12.7. The van der Waals surface area contributed by atoms with Crippen molar-refractivity contribution in [3.8, 4) is 0 Å². The van der Waals surface area contributed by atoms with E-state index in [1.54, 1.807) is 35.5 Å². The molecule has 0 radical (unpaired) electrons. The van der Waals surface area contributed by atoms with Crippen LogP contribution in [0.15, 0.2) is 47.6 Å². The van der Waals surface area contributed by atoms with Crippen LogP contribution in [0.3, 0.4) is 0 Å². The molecule has 5 heteroatoms. The summed E-state index contributed by atoms with van der Waals surface area (Å²) in [5.74, 6) is 0.737. The molecular formula is C18H23NO3S. The number of carbonyl (C=O) groups excluding carboxylic acids is 1. The lowest BCUT2D eigenvalue weighted by atomic mass is 10.3. The summed E-state index contributed by atoms with van der Waals surface area (Å²) in [5.41, 5.74) is 0. The van der Waals surface area contributed by atoms with Crippen LogP contribution in [0.1, 0.15) is 28.9 Å². The van der Waals surface area contributed by atoms with Crippen molar-refractivity contribution >= 4 is 17.2 Å². The van der Waals surface area contributed by atoms with Crippen LogP contribution in [0.25, 0.3) is 0 Å². The summed E-state index contributed by atoms with van der Waals surface area (Å²) in [6.45, 7) is 9.02. The largest absolute Gasteiger partial charge is 0.467 e. The van der Waals surface area contributed by atoms with Gasteiger partial charge >= 0.3 is 0 Å². The molecule has 0 aliphatic heterocycles. The number of hydrogen-bond acceptors (Lipinski definition) is 4. The van der Waals surface area contributed by atoms with Gasteiger partial charge < -0.3 is 14.1 Å². The maximum Gasteiger partial charge on any atom is 0.252 e. The molecule has 23 heavy (non-hydrogen) atoms. The fourth-order valence-corrected chi connectivity index (χ4v) is 3.12. The van der Waals surface area contributed by atoms with E-state index in [-0.39, 0.29) is 5.91 Å². The van der Waals surface area contributed by atoms with Crippen molar-refractivity contribution in [3.05, 3.63) is 58.7 Å². The molecule has 2 aromatic rings. The first-order valence-electron chi connectivity index (χ1n) is 7.69. The lowest BCUT2D eigenvalue weighted by molar-refractivity contribution is -0.144. The lowest BCUT2D eigenvalue weighted by Gasteiger charge is -2.24. The minimum Gasteiger partial charge on any atom is -0.467 e. The second-order valence-electron chi connectivity index (χ2n) is 5.38. The first kappa shape index (κ1) is 17.5. The molecule has 0 saturated carbocycles. The zero-order valence-corrected chi connectivity index (χ0v) is 14.5. The number of rotatable bonds is 9. The third-order valence-corrected chi connectivity index (χ3v) is 4.40. The first-order valence-corrected chi connectivity index (χ1v) is 8.50. The summed E-state index contributed by atoms with van der Waals surface area (Å²) in [4.78, 5) is 16.9. The smallest absolute Gasteiger partial charge is 0.252 e. The molecule has 0 bridgehead atoms. The molecule has 0 spiro atoms.